The fourth-order valence-corrected chi connectivity index (χ4v) is 1.21. The first-order chi connectivity index (χ1) is 7.24. The summed E-state index contributed by atoms with van der Waals surface area (Å²) >= 11 is 0. The molecule has 5 heteroatoms. The van der Waals surface area contributed by atoms with Gasteiger partial charge in [-0.05, 0) is 24.6 Å². The van der Waals surface area contributed by atoms with Gasteiger partial charge in [0.1, 0.15) is 11.6 Å². The van der Waals surface area contributed by atoms with Crippen molar-refractivity contribution in [1.29, 1.82) is 0 Å². The third-order valence-corrected chi connectivity index (χ3v) is 1.96. The molecule has 0 spiro atoms. The van der Waals surface area contributed by atoms with Gasteiger partial charge in [-0.25, -0.2) is 4.39 Å². The minimum Gasteiger partial charge on any atom is -0.349 e. The lowest BCUT2D eigenvalue weighted by Crippen LogP contribution is -2.00. The molecule has 0 radical (unpaired) electrons. The van der Waals surface area contributed by atoms with Gasteiger partial charge in [0.25, 0.3) is 0 Å². The maximum absolute atomic E-state index is 12.6. The molecule has 2 N–H and O–H groups in total. The van der Waals surface area contributed by atoms with Crippen molar-refractivity contribution >= 4 is 5.95 Å². The second-order valence-corrected chi connectivity index (χ2v) is 3.22. The number of rotatable bonds is 3. The number of aryl methyl sites for hydroxylation is 1. The number of anilines is 1. The molecule has 1 aromatic carbocycles. The number of hydrogen-bond acceptors (Lipinski definition) is 3. The van der Waals surface area contributed by atoms with Gasteiger partial charge >= 0.3 is 0 Å². The molecule has 0 unspecified atom stereocenters. The Morgan fingerprint density at radius 2 is 2.07 bits per heavy atom. The topological polar surface area (TPSA) is 53.6 Å². The lowest BCUT2D eigenvalue weighted by atomic mass is 10.2. The van der Waals surface area contributed by atoms with Crippen LogP contribution in [0.25, 0.3) is 0 Å². The second kappa shape index (κ2) is 4.08. The molecule has 0 aliphatic heterocycles. The molecule has 0 aliphatic rings. The van der Waals surface area contributed by atoms with Gasteiger partial charge in [-0.1, -0.05) is 12.1 Å². The lowest BCUT2D eigenvalue weighted by molar-refractivity contribution is 0.627. The first kappa shape index (κ1) is 9.64. The Labute approximate surface area is 86.6 Å². The van der Waals surface area contributed by atoms with Gasteiger partial charge < -0.3 is 5.32 Å². The summed E-state index contributed by atoms with van der Waals surface area (Å²) in [6.07, 6.45) is 0. The van der Waals surface area contributed by atoms with E-state index in [-0.39, 0.29) is 5.82 Å². The van der Waals surface area contributed by atoms with Crippen molar-refractivity contribution in [1.82, 2.24) is 15.2 Å². The molecule has 2 aromatic rings. The van der Waals surface area contributed by atoms with Crippen LogP contribution in [0.2, 0.25) is 0 Å². The molecule has 0 saturated carbocycles. The van der Waals surface area contributed by atoms with Crippen LogP contribution in [-0.4, -0.2) is 15.2 Å². The van der Waals surface area contributed by atoms with E-state index in [2.05, 4.69) is 20.5 Å². The monoisotopic (exact) mass is 206 g/mol. The first-order valence-electron chi connectivity index (χ1n) is 4.61. The number of aromatic amines is 1. The number of nitrogens with one attached hydrogen (secondary N) is 2. The van der Waals surface area contributed by atoms with E-state index >= 15 is 0 Å². The molecule has 0 bridgehead atoms. The summed E-state index contributed by atoms with van der Waals surface area (Å²) in [7, 11) is 0. The number of hydrogen-bond donors (Lipinski definition) is 2. The molecule has 0 fully saturated rings. The van der Waals surface area contributed by atoms with E-state index in [9.17, 15) is 4.39 Å². The van der Waals surface area contributed by atoms with E-state index < -0.39 is 0 Å². The van der Waals surface area contributed by atoms with Gasteiger partial charge in [-0.2, -0.15) is 4.98 Å². The highest BCUT2D eigenvalue weighted by Gasteiger charge is 1.98. The summed E-state index contributed by atoms with van der Waals surface area (Å²) in [6.45, 7) is 2.41. The highest BCUT2D eigenvalue weighted by molar-refractivity contribution is 5.26. The predicted molar refractivity (Wildman–Crippen MR) is 54.8 cm³/mol. The van der Waals surface area contributed by atoms with Crippen molar-refractivity contribution < 1.29 is 4.39 Å². The van der Waals surface area contributed by atoms with Crippen LogP contribution >= 0.6 is 0 Å². The maximum Gasteiger partial charge on any atom is 0.242 e. The third kappa shape index (κ3) is 2.52. The fraction of sp³-hybridized carbons (Fsp3) is 0.200. The van der Waals surface area contributed by atoms with Crippen LogP contribution < -0.4 is 5.32 Å². The lowest BCUT2D eigenvalue weighted by Gasteiger charge is -2.01. The molecule has 4 nitrogen and oxygen atoms in total. The van der Waals surface area contributed by atoms with Gasteiger partial charge in [0.2, 0.25) is 5.95 Å². The molecule has 1 heterocycles. The SMILES string of the molecule is Cc1nc(NCc2ccc(F)cc2)n[nH]1. The summed E-state index contributed by atoms with van der Waals surface area (Å²) < 4.78 is 12.6. The van der Waals surface area contributed by atoms with E-state index in [4.69, 9.17) is 0 Å². The van der Waals surface area contributed by atoms with Crippen LogP contribution in [0.15, 0.2) is 24.3 Å². The zero-order chi connectivity index (χ0) is 10.7. The number of benzene rings is 1. The number of halogens is 1. The Kier molecular flexibility index (Phi) is 2.62. The standard InChI is InChI=1S/C10H11FN4/c1-7-13-10(15-14-7)12-6-8-2-4-9(11)5-3-8/h2-5H,6H2,1H3,(H2,12,13,14,15). The van der Waals surface area contributed by atoms with Crippen LogP contribution in [-0.2, 0) is 6.54 Å². The molecule has 2 rings (SSSR count). The zero-order valence-corrected chi connectivity index (χ0v) is 8.29. The van der Waals surface area contributed by atoms with Crippen molar-refractivity contribution in [2.24, 2.45) is 0 Å². The van der Waals surface area contributed by atoms with Gasteiger partial charge in [0.05, 0.1) is 0 Å². The Hall–Kier alpha value is -1.91. The van der Waals surface area contributed by atoms with Crippen LogP contribution in [0.1, 0.15) is 11.4 Å². The van der Waals surface area contributed by atoms with E-state index in [0.717, 1.165) is 11.4 Å². The minimum atomic E-state index is -0.229. The first-order valence-corrected chi connectivity index (χ1v) is 4.61. The third-order valence-electron chi connectivity index (χ3n) is 1.96. The summed E-state index contributed by atoms with van der Waals surface area (Å²) in [4.78, 5) is 4.09. The number of aromatic nitrogens is 3. The van der Waals surface area contributed by atoms with Crippen molar-refractivity contribution in [2.75, 3.05) is 5.32 Å². The Morgan fingerprint density at radius 1 is 1.33 bits per heavy atom. The van der Waals surface area contributed by atoms with E-state index in [1.54, 1.807) is 12.1 Å². The average molecular weight is 206 g/mol. The van der Waals surface area contributed by atoms with E-state index in [0.29, 0.717) is 12.5 Å². The maximum atomic E-state index is 12.6. The van der Waals surface area contributed by atoms with Crippen molar-refractivity contribution in [2.45, 2.75) is 13.5 Å². The summed E-state index contributed by atoms with van der Waals surface area (Å²) in [6, 6.07) is 6.31. The van der Waals surface area contributed by atoms with E-state index in [1.165, 1.54) is 12.1 Å². The van der Waals surface area contributed by atoms with Gasteiger partial charge in [-0.3, -0.25) is 5.10 Å². The summed E-state index contributed by atoms with van der Waals surface area (Å²) in [5.74, 6) is 1.08. The van der Waals surface area contributed by atoms with Gasteiger partial charge in [0, 0.05) is 6.54 Å². The molecular weight excluding hydrogens is 195 g/mol. The van der Waals surface area contributed by atoms with Crippen LogP contribution in [0.3, 0.4) is 0 Å². The molecule has 0 amide bonds. The molecule has 1 aromatic heterocycles. The van der Waals surface area contributed by atoms with Gasteiger partial charge in [0.15, 0.2) is 0 Å². The molecule has 0 atom stereocenters. The van der Waals surface area contributed by atoms with Crippen LogP contribution in [0.5, 0.6) is 0 Å². The molecule has 15 heavy (non-hydrogen) atoms. The van der Waals surface area contributed by atoms with E-state index in [1.807, 2.05) is 6.92 Å². The minimum absolute atomic E-state index is 0.229. The average Bonchev–Trinajstić information content (AvgIpc) is 2.64. The normalized spacial score (nSPS) is 10.3. The van der Waals surface area contributed by atoms with Crippen molar-refractivity contribution in [3.05, 3.63) is 41.5 Å². The summed E-state index contributed by atoms with van der Waals surface area (Å²) in [5, 5.41) is 9.68. The van der Waals surface area contributed by atoms with Crippen LogP contribution in [0.4, 0.5) is 10.3 Å². The molecular formula is C10H11FN4. The van der Waals surface area contributed by atoms with Gasteiger partial charge in [-0.15, -0.1) is 5.10 Å². The second-order valence-electron chi connectivity index (χ2n) is 3.22. The van der Waals surface area contributed by atoms with Crippen molar-refractivity contribution in [3.63, 3.8) is 0 Å². The largest absolute Gasteiger partial charge is 0.349 e. The molecule has 0 aliphatic carbocycles. The Bertz CT molecular complexity index is 435. The zero-order valence-electron chi connectivity index (χ0n) is 8.29. The fourth-order valence-electron chi connectivity index (χ4n) is 1.21. The smallest absolute Gasteiger partial charge is 0.242 e. The highest BCUT2D eigenvalue weighted by atomic mass is 19.1. The number of nitrogens with zero attached hydrogens (tertiary/aromatic N) is 2. The van der Waals surface area contributed by atoms with Crippen LogP contribution in [0, 0.1) is 12.7 Å². The number of H-pyrrole nitrogens is 1. The Morgan fingerprint density at radius 3 is 2.67 bits per heavy atom. The Balaban J connectivity index is 1.96. The highest BCUT2D eigenvalue weighted by Crippen LogP contribution is 2.05. The molecule has 78 valence electrons. The molecule has 0 saturated heterocycles. The van der Waals surface area contributed by atoms with Crippen molar-refractivity contribution in [3.8, 4) is 0 Å². The predicted octanol–water partition coefficient (Wildman–Crippen LogP) is 1.86. The summed E-state index contributed by atoms with van der Waals surface area (Å²) in [5.41, 5.74) is 0.985. The quantitative estimate of drug-likeness (QED) is 0.806.